The summed E-state index contributed by atoms with van der Waals surface area (Å²) < 4.78 is 13.7. The van der Waals surface area contributed by atoms with Gasteiger partial charge >= 0.3 is 0 Å². The Labute approximate surface area is 106 Å². The topological polar surface area (TPSA) is 49.4 Å². The number of halogens is 1. The molecule has 0 radical (unpaired) electrons. The number of likely N-dealkylation sites (N-methyl/N-ethyl adjacent to an activating group) is 2. The lowest BCUT2D eigenvalue weighted by molar-refractivity contribution is -0.121. The van der Waals surface area contributed by atoms with E-state index in [0.717, 1.165) is 5.56 Å². The number of aryl methyl sites for hydroxylation is 1. The minimum Gasteiger partial charge on any atom is -0.358 e. The lowest BCUT2D eigenvalue weighted by Crippen LogP contribution is -2.39. The molecule has 5 heteroatoms. The maximum absolute atomic E-state index is 13.7. The molecule has 0 saturated carbocycles. The molecule has 0 aliphatic rings. The van der Waals surface area contributed by atoms with Crippen molar-refractivity contribution in [1.82, 2.24) is 10.2 Å². The van der Waals surface area contributed by atoms with E-state index in [2.05, 4.69) is 5.32 Å². The lowest BCUT2D eigenvalue weighted by Gasteiger charge is -2.20. The number of carbonyl (C=O) groups excluding carboxylic acids is 2. The van der Waals surface area contributed by atoms with Gasteiger partial charge in [0.1, 0.15) is 5.82 Å². The largest absolute Gasteiger partial charge is 0.358 e. The Morgan fingerprint density at radius 1 is 1.39 bits per heavy atom. The van der Waals surface area contributed by atoms with E-state index in [4.69, 9.17) is 0 Å². The minimum atomic E-state index is -0.560. The van der Waals surface area contributed by atoms with Crippen molar-refractivity contribution >= 4 is 11.8 Å². The molecule has 98 valence electrons. The minimum absolute atomic E-state index is 0.00801. The SMILES string of the molecule is CCN(CC(=O)NC)C(=O)c1ccc(C)cc1F. The molecule has 0 saturated heterocycles. The number of nitrogens with zero attached hydrogens (tertiary/aromatic N) is 1. The van der Waals surface area contributed by atoms with Crippen molar-refractivity contribution in [3.8, 4) is 0 Å². The van der Waals surface area contributed by atoms with E-state index in [0.29, 0.717) is 6.54 Å². The Hall–Kier alpha value is -1.91. The molecule has 0 unspecified atom stereocenters. The van der Waals surface area contributed by atoms with Crippen molar-refractivity contribution in [3.05, 3.63) is 35.1 Å². The van der Waals surface area contributed by atoms with Gasteiger partial charge in [-0.3, -0.25) is 9.59 Å². The molecule has 0 bridgehead atoms. The molecule has 0 atom stereocenters. The highest BCUT2D eigenvalue weighted by Crippen LogP contribution is 2.12. The van der Waals surface area contributed by atoms with Crippen molar-refractivity contribution in [2.45, 2.75) is 13.8 Å². The zero-order valence-electron chi connectivity index (χ0n) is 10.8. The summed E-state index contributed by atoms with van der Waals surface area (Å²) in [6.07, 6.45) is 0. The molecule has 0 aliphatic heterocycles. The predicted octanol–water partition coefficient (Wildman–Crippen LogP) is 1.34. The van der Waals surface area contributed by atoms with Crippen molar-refractivity contribution in [2.75, 3.05) is 20.1 Å². The van der Waals surface area contributed by atoms with Crippen LogP contribution in [0.4, 0.5) is 4.39 Å². The second kappa shape index (κ2) is 6.14. The fraction of sp³-hybridized carbons (Fsp3) is 0.385. The van der Waals surface area contributed by atoms with E-state index in [1.807, 2.05) is 0 Å². The summed E-state index contributed by atoms with van der Waals surface area (Å²) in [7, 11) is 1.49. The molecule has 1 aromatic carbocycles. The number of carbonyl (C=O) groups is 2. The van der Waals surface area contributed by atoms with Crippen molar-refractivity contribution in [2.24, 2.45) is 0 Å². The molecule has 0 aliphatic carbocycles. The van der Waals surface area contributed by atoms with E-state index in [9.17, 15) is 14.0 Å². The first-order chi connectivity index (χ1) is 8.49. The zero-order valence-corrected chi connectivity index (χ0v) is 10.8. The van der Waals surface area contributed by atoms with Crippen molar-refractivity contribution < 1.29 is 14.0 Å². The predicted molar refractivity (Wildman–Crippen MR) is 66.8 cm³/mol. The second-order valence-electron chi connectivity index (χ2n) is 3.98. The third-order valence-electron chi connectivity index (χ3n) is 2.64. The van der Waals surface area contributed by atoms with Crippen LogP contribution in [0.1, 0.15) is 22.8 Å². The third kappa shape index (κ3) is 3.29. The van der Waals surface area contributed by atoms with Gasteiger partial charge in [0.25, 0.3) is 5.91 Å². The smallest absolute Gasteiger partial charge is 0.257 e. The summed E-state index contributed by atoms with van der Waals surface area (Å²) in [5.74, 6) is -1.31. The molecule has 1 aromatic rings. The molecule has 0 spiro atoms. The van der Waals surface area contributed by atoms with Crippen LogP contribution < -0.4 is 5.32 Å². The van der Waals surface area contributed by atoms with Gasteiger partial charge in [0.2, 0.25) is 5.91 Å². The second-order valence-corrected chi connectivity index (χ2v) is 3.98. The number of rotatable bonds is 4. The van der Waals surface area contributed by atoms with Crippen LogP contribution >= 0.6 is 0 Å². The first-order valence-electron chi connectivity index (χ1n) is 5.75. The van der Waals surface area contributed by atoms with Crippen LogP contribution in [-0.4, -0.2) is 36.9 Å². The number of hydrogen-bond acceptors (Lipinski definition) is 2. The maximum atomic E-state index is 13.7. The first-order valence-corrected chi connectivity index (χ1v) is 5.75. The summed E-state index contributed by atoms with van der Waals surface area (Å²) in [6, 6.07) is 4.42. The number of amides is 2. The lowest BCUT2D eigenvalue weighted by atomic mass is 10.1. The molecular formula is C13H17FN2O2. The maximum Gasteiger partial charge on any atom is 0.257 e. The Balaban J connectivity index is 2.93. The number of nitrogens with one attached hydrogen (secondary N) is 1. The fourth-order valence-corrected chi connectivity index (χ4v) is 1.54. The summed E-state index contributed by atoms with van der Waals surface area (Å²) in [5, 5.41) is 2.43. The molecule has 0 aromatic heterocycles. The zero-order chi connectivity index (χ0) is 13.7. The first kappa shape index (κ1) is 14.2. The van der Waals surface area contributed by atoms with Crippen LogP contribution in [0.2, 0.25) is 0 Å². The Morgan fingerprint density at radius 2 is 2.06 bits per heavy atom. The number of benzene rings is 1. The van der Waals surface area contributed by atoms with Crippen LogP contribution in [0, 0.1) is 12.7 Å². The van der Waals surface area contributed by atoms with Crippen LogP contribution in [-0.2, 0) is 4.79 Å². The van der Waals surface area contributed by atoms with E-state index < -0.39 is 11.7 Å². The van der Waals surface area contributed by atoms with Gasteiger partial charge in [0, 0.05) is 13.6 Å². The van der Waals surface area contributed by atoms with Crippen molar-refractivity contribution in [3.63, 3.8) is 0 Å². The molecule has 2 amide bonds. The Bertz CT molecular complexity index is 460. The summed E-state index contributed by atoms with van der Waals surface area (Å²) >= 11 is 0. The Kier molecular flexibility index (Phi) is 4.83. The molecular weight excluding hydrogens is 235 g/mol. The number of hydrogen-bond donors (Lipinski definition) is 1. The van der Waals surface area contributed by atoms with E-state index in [1.54, 1.807) is 19.9 Å². The average molecular weight is 252 g/mol. The quantitative estimate of drug-likeness (QED) is 0.879. The summed E-state index contributed by atoms with van der Waals surface area (Å²) in [6.45, 7) is 3.77. The van der Waals surface area contributed by atoms with Gasteiger partial charge in [0.15, 0.2) is 0 Å². The van der Waals surface area contributed by atoms with Crippen LogP contribution in [0.3, 0.4) is 0 Å². The van der Waals surface area contributed by atoms with Gasteiger partial charge in [-0.25, -0.2) is 4.39 Å². The fourth-order valence-electron chi connectivity index (χ4n) is 1.54. The third-order valence-corrected chi connectivity index (χ3v) is 2.64. The van der Waals surface area contributed by atoms with Gasteiger partial charge in [-0.1, -0.05) is 6.07 Å². The Morgan fingerprint density at radius 3 is 2.56 bits per heavy atom. The molecule has 18 heavy (non-hydrogen) atoms. The van der Waals surface area contributed by atoms with E-state index in [-0.39, 0.29) is 18.0 Å². The molecule has 1 N–H and O–H groups in total. The van der Waals surface area contributed by atoms with Gasteiger partial charge in [-0.05, 0) is 31.5 Å². The average Bonchev–Trinajstić information content (AvgIpc) is 2.34. The highest BCUT2D eigenvalue weighted by molar-refractivity contribution is 5.96. The monoisotopic (exact) mass is 252 g/mol. The molecule has 1 rings (SSSR count). The molecule has 4 nitrogen and oxygen atoms in total. The molecule has 0 fully saturated rings. The highest BCUT2D eigenvalue weighted by Gasteiger charge is 2.19. The molecule has 0 heterocycles. The van der Waals surface area contributed by atoms with Gasteiger partial charge in [-0.15, -0.1) is 0 Å². The van der Waals surface area contributed by atoms with Crippen molar-refractivity contribution in [1.29, 1.82) is 0 Å². The van der Waals surface area contributed by atoms with Gasteiger partial charge < -0.3 is 10.2 Å². The van der Waals surface area contributed by atoms with Gasteiger partial charge in [-0.2, -0.15) is 0 Å². The van der Waals surface area contributed by atoms with Crippen LogP contribution in [0.15, 0.2) is 18.2 Å². The highest BCUT2D eigenvalue weighted by atomic mass is 19.1. The van der Waals surface area contributed by atoms with Gasteiger partial charge in [0.05, 0.1) is 12.1 Å². The van der Waals surface area contributed by atoms with Crippen LogP contribution in [0.25, 0.3) is 0 Å². The summed E-state index contributed by atoms with van der Waals surface area (Å²) in [5.41, 5.74) is 0.741. The normalized spacial score (nSPS) is 10.0. The van der Waals surface area contributed by atoms with Crippen LogP contribution in [0.5, 0.6) is 0 Å². The van der Waals surface area contributed by atoms with E-state index >= 15 is 0 Å². The van der Waals surface area contributed by atoms with E-state index in [1.165, 1.54) is 24.1 Å². The summed E-state index contributed by atoms with van der Waals surface area (Å²) in [4.78, 5) is 24.6. The standard InChI is InChI=1S/C13H17FN2O2/c1-4-16(8-12(17)15-3)13(18)10-6-5-9(2)7-11(10)14/h5-7H,4,8H2,1-3H3,(H,15,17).